The minimum absolute atomic E-state index is 0.0836. The van der Waals surface area contributed by atoms with Crippen LogP contribution in [0.15, 0.2) is 12.3 Å². The van der Waals surface area contributed by atoms with Gasteiger partial charge in [0.2, 0.25) is 0 Å². The Hall–Kier alpha value is -2.59. The van der Waals surface area contributed by atoms with E-state index in [9.17, 15) is 31.1 Å². The van der Waals surface area contributed by atoms with E-state index < -0.39 is 41.5 Å². The molecule has 0 aliphatic heterocycles. The van der Waals surface area contributed by atoms with Crippen LogP contribution in [0.4, 0.5) is 32.0 Å². The predicted octanol–water partition coefficient (Wildman–Crippen LogP) is 6.04. The van der Waals surface area contributed by atoms with E-state index in [4.69, 9.17) is 0 Å². The monoisotopic (exact) mass is 464 g/mol. The van der Waals surface area contributed by atoms with Gasteiger partial charge in [-0.2, -0.15) is 31.4 Å². The summed E-state index contributed by atoms with van der Waals surface area (Å²) in [7, 11) is 1.58. The number of nitrogens with zero attached hydrogens (tertiary/aromatic N) is 3. The number of amides is 1. The molecular formula is C21H26F6N4O. The van der Waals surface area contributed by atoms with Gasteiger partial charge in [0, 0.05) is 18.9 Å². The van der Waals surface area contributed by atoms with Crippen molar-refractivity contribution in [1.82, 2.24) is 14.8 Å². The van der Waals surface area contributed by atoms with Gasteiger partial charge >= 0.3 is 12.4 Å². The third-order valence-corrected chi connectivity index (χ3v) is 5.27. The smallest absolute Gasteiger partial charge is 0.320 e. The molecule has 2 rings (SSSR count). The Balaban J connectivity index is 2.72. The van der Waals surface area contributed by atoms with Crippen molar-refractivity contribution in [1.29, 1.82) is 0 Å². The van der Waals surface area contributed by atoms with Crippen LogP contribution in [0, 0.1) is 19.8 Å². The Bertz CT molecular complexity index is 964. The first-order valence-corrected chi connectivity index (χ1v) is 9.99. The van der Waals surface area contributed by atoms with Gasteiger partial charge in [-0.1, -0.05) is 20.8 Å². The number of carbonyl (C=O) groups excluding carboxylic acids is 1. The molecule has 178 valence electrons. The van der Waals surface area contributed by atoms with E-state index in [0.717, 1.165) is 6.20 Å². The summed E-state index contributed by atoms with van der Waals surface area (Å²) in [5, 5.41) is 6.40. The molecule has 1 atom stereocenters. The summed E-state index contributed by atoms with van der Waals surface area (Å²) < 4.78 is 82.6. The average molecular weight is 464 g/mol. The summed E-state index contributed by atoms with van der Waals surface area (Å²) in [5.74, 6) is -4.99. The van der Waals surface area contributed by atoms with Crippen molar-refractivity contribution < 1.29 is 31.1 Å². The van der Waals surface area contributed by atoms with Gasteiger partial charge in [-0.25, -0.2) is 0 Å². The first kappa shape index (κ1) is 25.7. The van der Waals surface area contributed by atoms with Crippen molar-refractivity contribution >= 4 is 11.6 Å². The van der Waals surface area contributed by atoms with Gasteiger partial charge in [-0.15, -0.1) is 0 Å². The van der Waals surface area contributed by atoms with Crippen LogP contribution in [-0.2, 0) is 7.05 Å². The number of halogens is 6. The Morgan fingerprint density at radius 1 is 1.09 bits per heavy atom. The van der Waals surface area contributed by atoms with Crippen molar-refractivity contribution in [3.63, 3.8) is 0 Å². The van der Waals surface area contributed by atoms with E-state index in [1.165, 1.54) is 17.7 Å². The van der Waals surface area contributed by atoms with Crippen LogP contribution in [-0.4, -0.2) is 33.0 Å². The molecule has 0 saturated heterocycles. The number of rotatable bonds is 6. The fourth-order valence-electron chi connectivity index (χ4n) is 3.87. The highest BCUT2D eigenvalue weighted by Gasteiger charge is 2.59. The second-order valence-corrected chi connectivity index (χ2v) is 8.33. The van der Waals surface area contributed by atoms with Crippen LogP contribution in [0.1, 0.15) is 72.0 Å². The highest BCUT2D eigenvalue weighted by atomic mass is 19.4. The maximum atomic E-state index is 13.5. The normalized spacial score (nSPS) is 13.7. The molecule has 0 radical (unpaired) electrons. The highest BCUT2D eigenvalue weighted by molar-refractivity contribution is 6.06. The third kappa shape index (κ3) is 5.42. The van der Waals surface area contributed by atoms with Crippen molar-refractivity contribution in [2.45, 2.75) is 65.2 Å². The molecule has 11 heteroatoms. The molecule has 2 heterocycles. The first-order chi connectivity index (χ1) is 14.6. The Kier molecular flexibility index (Phi) is 7.31. The average Bonchev–Trinajstić information content (AvgIpc) is 2.85. The van der Waals surface area contributed by atoms with E-state index in [1.807, 2.05) is 13.8 Å². The molecule has 0 bridgehead atoms. The number of carbonyl (C=O) groups is 1. The summed E-state index contributed by atoms with van der Waals surface area (Å²) >= 11 is 0. The fourth-order valence-corrected chi connectivity index (χ4v) is 3.87. The quantitative estimate of drug-likeness (QED) is 0.530. The molecular weight excluding hydrogens is 438 g/mol. The minimum Gasteiger partial charge on any atom is -0.320 e. The van der Waals surface area contributed by atoms with Gasteiger partial charge in [0.05, 0.1) is 22.6 Å². The standard InChI is InChI=1S/C21H26F6N4O/c1-10(2)9-11(3)14-7-8-28-17(18(20(22,23)24)21(25,26)27)16(14)29-19(32)15-12(4)30-31(6)13(15)5/h7-8,10-11,18H,9H2,1-6H3,(H,29,32). The second-order valence-electron chi connectivity index (χ2n) is 8.33. The maximum Gasteiger partial charge on any atom is 0.406 e. The van der Waals surface area contributed by atoms with Gasteiger partial charge in [0.25, 0.3) is 5.91 Å². The SMILES string of the molecule is Cc1nn(C)c(C)c1C(=O)Nc1c(C(C)CC(C)C)ccnc1C(C(F)(F)F)C(F)(F)F. The van der Waals surface area contributed by atoms with Crippen molar-refractivity contribution in [2.75, 3.05) is 5.32 Å². The summed E-state index contributed by atoms with van der Waals surface area (Å²) in [5.41, 5.74) is -0.869. The van der Waals surface area contributed by atoms with Crippen LogP contribution in [0.3, 0.4) is 0 Å². The van der Waals surface area contributed by atoms with Gasteiger partial charge in [0.15, 0.2) is 5.92 Å². The number of pyridine rings is 1. The number of hydrogen-bond acceptors (Lipinski definition) is 3. The number of aromatic nitrogens is 3. The molecule has 0 aliphatic rings. The van der Waals surface area contributed by atoms with Gasteiger partial charge in [-0.3, -0.25) is 14.5 Å². The molecule has 1 unspecified atom stereocenters. The van der Waals surface area contributed by atoms with Crippen LogP contribution in [0.5, 0.6) is 0 Å². The zero-order chi connectivity index (χ0) is 24.6. The highest BCUT2D eigenvalue weighted by Crippen LogP contribution is 2.49. The molecule has 2 aromatic rings. The molecule has 5 nitrogen and oxygen atoms in total. The molecule has 0 spiro atoms. The number of anilines is 1. The lowest BCUT2D eigenvalue weighted by atomic mass is 9.88. The van der Waals surface area contributed by atoms with Crippen LogP contribution in [0.25, 0.3) is 0 Å². The number of alkyl halides is 6. The van der Waals surface area contributed by atoms with Gasteiger partial charge < -0.3 is 5.32 Å². The molecule has 0 fully saturated rings. The minimum atomic E-state index is -5.65. The summed E-state index contributed by atoms with van der Waals surface area (Å²) in [6, 6.07) is 1.35. The van der Waals surface area contributed by atoms with Crippen LogP contribution < -0.4 is 5.32 Å². The molecule has 0 saturated carbocycles. The van der Waals surface area contributed by atoms with Crippen molar-refractivity contribution in [3.8, 4) is 0 Å². The van der Waals surface area contributed by atoms with Crippen LogP contribution in [0.2, 0.25) is 0 Å². The lowest BCUT2D eigenvalue weighted by molar-refractivity contribution is -0.254. The summed E-state index contributed by atoms with van der Waals surface area (Å²) in [6.45, 7) is 8.56. The zero-order valence-electron chi connectivity index (χ0n) is 18.6. The van der Waals surface area contributed by atoms with Crippen molar-refractivity contribution in [2.24, 2.45) is 13.0 Å². The molecule has 1 N–H and O–H groups in total. The summed E-state index contributed by atoms with van der Waals surface area (Å²) in [4.78, 5) is 16.4. The lowest BCUT2D eigenvalue weighted by Crippen LogP contribution is -2.36. The number of nitrogens with one attached hydrogen (secondary N) is 1. The Morgan fingerprint density at radius 3 is 2.09 bits per heavy atom. The molecule has 2 aromatic heterocycles. The molecule has 32 heavy (non-hydrogen) atoms. The van der Waals surface area contributed by atoms with E-state index in [-0.39, 0.29) is 17.0 Å². The van der Waals surface area contributed by atoms with Crippen LogP contribution >= 0.6 is 0 Å². The van der Waals surface area contributed by atoms with E-state index >= 15 is 0 Å². The summed E-state index contributed by atoms with van der Waals surface area (Å²) in [6.07, 6.45) is -9.89. The predicted molar refractivity (Wildman–Crippen MR) is 108 cm³/mol. The largest absolute Gasteiger partial charge is 0.406 e. The third-order valence-electron chi connectivity index (χ3n) is 5.27. The second kappa shape index (κ2) is 9.11. The zero-order valence-corrected chi connectivity index (χ0v) is 18.6. The molecule has 0 aliphatic carbocycles. The Morgan fingerprint density at radius 2 is 1.66 bits per heavy atom. The first-order valence-electron chi connectivity index (χ1n) is 9.99. The number of aryl methyl sites for hydroxylation is 2. The van der Waals surface area contributed by atoms with E-state index in [1.54, 1.807) is 20.9 Å². The Labute approximate surface area is 182 Å². The van der Waals surface area contributed by atoms with Gasteiger partial charge in [-0.05, 0) is 43.7 Å². The van der Waals surface area contributed by atoms with E-state index in [0.29, 0.717) is 17.8 Å². The fraction of sp³-hybridized carbons (Fsp3) is 0.571. The van der Waals surface area contributed by atoms with Gasteiger partial charge in [0.1, 0.15) is 0 Å². The van der Waals surface area contributed by atoms with Crippen molar-refractivity contribution in [3.05, 3.63) is 40.5 Å². The number of hydrogen-bond donors (Lipinski definition) is 1. The van der Waals surface area contributed by atoms with E-state index in [2.05, 4.69) is 15.4 Å². The molecule has 1 amide bonds. The maximum absolute atomic E-state index is 13.5. The topological polar surface area (TPSA) is 59.8 Å². The molecule has 0 aromatic carbocycles. The lowest BCUT2D eigenvalue weighted by Gasteiger charge is -2.27.